The lowest BCUT2D eigenvalue weighted by atomic mass is 10.1. The van der Waals surface area contributed by atoms with Crippen molar-refractivity contribution in [3.8, 4) is 0 Å². The normalized spacial score (nSPS) is 15.5. The predicted octanol–water partition coefficient (Wildman–Crippen LogP) is 4.16. The summed E-state index contributed by atoms with van der Waals surface area (Å²) in [4.78, 5) is 4.14. The van der Waals surface area contributed by atoms with E-state index in [0.717, 1.165) is 35.5 Å². The van der Waals surface area contributed by atoms with E-state index >= 15 is 0 Å². The Labute approximate surface area is 125 Å². The summed E-state index contributed by atoms with van der Waals surface area (Å²) < 4.78 is 1.18. The molecule has 1 aliphatic rings. The Bertz CT molecular complexity index is 854. The zero-order valence-electron chi connectivity index (χ0n) is 11.2. The number of benzene rings is 1. The van der Waals surface area contributed by atoms with Crippen molar-refractivity contribution in [3.63, 3.8) is 0 Å². The fraction of sp³-hybridized carbons (Fsp3) is 0.125. The van der Waals surface area contributed by atoms with Crippen molar-refractivity contribution in [2.45, 2.75) is 12.8 Å². The Morgan fingerprint density at radius 2 is 2.19 bits per heavy atom. The maximum atomic E-state index is 8.98. The van der Waals surface area contributed by atoms with Crippen LogP contribution >= 0.6 is 11.3 Å². The smallest absolute Gasteiger partial charge is 0.0873 e. The van der Waals surface area contributed by atoms with Crippen LogP contribution in [-0.2, 0) is 6.42 Å². The van der Waals surface area contributed by atoms with Crippen molar-refractivity contribution in [2.75, 3.05) is 5.32 Å². The third kappa shape index (κ3) is 2.06. The summed E-state index contributed by atoms with van der Waals surface area (Å²) in [6.07, 6.45) is 5.44. The van der Waals surface area contributed by atoms with Crippen LogP contribution in [0.4, 0.5) is 11.4 Å². The number of hydrogen-bond donors (Lipinski definition) is 2. The van der Waals surface area contributed by atoms with Crippen LogP contribution in [0.25, 0.3) is 10.1 Å². The molecule has 0 saturated heterocycles. The predicted molar refractivity (Wildman–Crippen MR) is 86.0 cm³/mol. The Hall–Kier alpha value is -2.40. The van der Waals surface area contributed by atoms with Gasteiger partial charge in [-0.25, -0.2) is 0 Å². The van der Waals surface area contributed by atoms with Gasteiger partial charge < -0.3 is 10.5 Å². The summed E-state index contributed by atoms with van der Waals surface area (Å²) in [6.45, 7) is 0. The van der Waals surface area contributed by atoms with Gasteiger partial charge in [0, 0.05) is 34.4 Å². The lowest BCUT2D eigenvalue weighted by Gasteiger charge is -2.07. The van der Waals surface area contributed by atoms with Gasteiger partial charge in [-0.05, 0) is 36.6 Å². The lowest BCUT2D eigenvalue weighted by Crippen LogP contribution is -1.95. The fourth-order valence-corrected chi connectivity index (χ4v) is 3.64. The maximum absolute atomic E-state index is 8.98. The molecule has 0 spiro atoms. The summed E-state index contributed by atoms with van der Waals surface area (Å²) >= 11 is 1.69. The highest BCUT2D eigenvalue weighted by molar-refractivity contribution is 7.17. The molecule has 0 radical (unpaired) electrons. The van der Waals surface area contributed by atoms with E-state index in [2.05, 4.69) is 26.9 Å². The number of thiophene rings is 1. The van der Waals surface area contributed by atoms with E-state index in [1.54, 1.807) is 11.3 Å². The third-order valence-electron chi connectivity index (χ3n) is 3.83. The second-order valence-electron chi connectivity index (χ2n) is 5.06. The molecule has 21 heavy (non-hydrogen) atoms. The van der Waals surface area contributed by atoms with Gasteiger partial charge in [0.25, 0.3) is 0 Å². The first-order chi connectivity index (χ1) is 10.3. The van der Waals surface area contributed by atoms with E-state index in [1.165, 1.54) is 15.6 Å². The SMILES string of the molecule is O/N=C1\CCc2cc(Nc3csc4cnccc34)ccc21. The Morgan fingerprint density at radius 3 is 3.10 bits per heavy atom. The number of oxime groups is 1. The molecule has 2 N–H and O–H groups in total. The summed E-state index contributed by atoms with van der Waals surface area (Å²) in [5, 5.41) is 19.1. The van der Waals surface area contributed by atoms with Gasteiger partial charge >= 0.3 is 0 Å². The third-order valence-corrected chi connectivity index (χ3v) is 4.76. The van der Waals surface area contributed by atoms with E-state index in [1.807, 2.05) is 30.6 Å². The number of rotatable bonds is 2. The highest BCUT2D eigenvalue weighted by atomic mass is 32.1. The van der Waals surface area contributed by atoms with Crippen LogP contribution in [-0.4, -0.2) is 15.9 Å². The molecule has 104 valence electrons. The van der Waals surface area contributed by atoms with Gasteiger partial charge in [-0.3, -0.25) is 4.98 Å². The monoisotopic (exact) mass is 295 g/mol. The standard InChI is InChI=1S/C16H13N3OS/c20-19-14-4-1-10-7-11(2-3-12(10)14)18-15-9-21-16-8-17-6-5-13(15)16/h2-3,5-9,18,20H,1,4H2/b19-14+. The number of nitrogens with one attached hydrogen (secondary N) is 1. The number of anilines is 2. The number of nitrogens with zero attached hydrogens (tertiary/aromatic N) is 2. The van der Waals surface area contributed by atoms with Crippen molar-refractivity contribution in [1.29, 1.82) is 0 Å². The van der Waals surface area contributed by atoms with Crippen LogP contribution in [0.2, 0.25) is 0 Å². The van der Waals surface area contributed by atoms with E-state index in [4.69, 9.17) is 5.21 Å². The molecule has 0 amide bonds. The average molecular weight is 295 g/mol. The summed E-state index contributed by atoms with van der Waals surface area (Å²) in [6, 6.07) is 8.21. The molecule has 0 aliphatic heterocycles. The van der Waals surface area contributed by atoms with Crippen LogP contribution in [0, 0.1) is 0 Å². The molecular formula is C16H13N3OS. The summed E-state index contributed by atoms with van der Waals surface area (Å²) in [7, 11) is 0. The molecule has 5 heteroatoms. The molecule has 0 fully saturated rings. The molecule has 0 bridgehead atoms. The highest BCUT2D eigenvalue weighted by Gasteiger charge is 2.18. The second kappa shape index (κ2) is 4.86. The van der Waals surface area contributed by atoms with Crippen molar-refractivity contribution in [1.82, 2.24) is 4.98 Å². The molecule has 0 unspecified atom stereocenters. The van der Waals surface area contributed by atoms with Gasteiger partial charge in [0.2, 0.25) is 0 Å². The molecule has 3 aromatic rings. The van der Waals surface area contributed by atoms with Gasteiger partial charge in [-0.15, -0.1) is 11.3 Å². The molecule has 4 nitrogen and oxygen atoms in total. The molecule has 4 rings (SSSR count). The number of hydrogen-bond acceptors (Lipinski definition) is 5. The molecular weight excluding hydrogens is 282 g/mol. The van der Waals surface area contributed by atoms with Gasteiger partial charge in [-0.2, -0.15) is 0 Å². The molecule has 1 aliphatic carbocycles. The minimum atomic E-state index is 0.781. The van der Waals surface area contributed by atoms with Gasteiger partial charge in [-0.1, -0.05) is 11.2 Å². The van der Waals surface area contributed by atoms with Crippen LogP contribution in [0.5, 0.6) is 0 Å². The van der Waals surface area contributed by atoms with Gasteiger partial charge in [0.15, 0.2) is 0 Å². The number of fused-ring (bicyclic) bond motifs is 2. The molecule has 1 aromatic carbocycles. The first kappa shape index (κ1) is 12.3. The minimum absolute atomic E-state index is 0.781. The molecule has 0 atom stereocenters. The number of pyridine rings is 1. The molecule has 2 heterocycles. The van der Waals surface area contributed by atoms with Crippen molar-refractivity contribution < 1.29 is 5.21 Å². The summed E-state index contributed by atoms with van der Waals surface area (Å²) in [5.74, 6) is 0. The van der Waals surface area contributed by atoms with Crippen LogP contribution in [0.3, 0.4) is 0 Å². The quantitative estimate of drug-likeness (QED) is 0.551. The first-order valence-corrected chi connectivity index (χ1v) is 7.65. The Balaban J connectivity index is 1.69. The molecule has 2 aromatic heterocycles. The lowest BCUT2D eigenvalue weighted by molar-refractivity contribution is 0.318. The van der Waals surface area contributed by atoms with Crippen molar-refractivity contribution >= 4 is 38.5 Å². The number of aryl methyl sites for hydroxylation is 1. The van der Waals surface area contributed by atoms with Crippen LogP contribution in [0.1, 0.15) is 17.5 Å². The van der Waals surface area contributed by atoms with Gasteiger partial charge in [0.05, 0.1) is 16.1 Å². The topological polar surface area (TPSA) is 57.5 Å². The van der Waals surface area contributed by atoms with Gasteiger partial charge in [0.1, 0.15) is 0 Å². The Kier molecular flexibility index (Phi) is 2.86. The Morgan fingerprint density at radius 1 is 1.24 bits per heavy atom. The first-order valence-electron chi connectivity index (χ1n) is 6.77. The maximum Gasteiger partial charge on any atom is 0.0873 e. The highest BCUT2D eigenvalue weighted by Crippen LogP contribution is 2.33. The van der Waals surface area contributed by atoms with Crippen molar-refractivity contribution in [3.05, 3.63) is 53.2 Å². The number of aromatic nitrogens is 1. The summed E-state index contributed by atoms with van der Waals surface area (Å²) in [5.41, 5.74) is 5.23. The van der Waals surface area contributed by atoms with E-state index < -0.39 is 0 Å². The zero-order chi connectivity index (χ0) is 14.2. The second-order valence-corrected chi connectivity index (χ2v) is 5.98. The molecule has 0 saturated carbocycles. The van der Waals surface area contributed by atoms with Crippen LogP contribution in [0.15, 0.2) is 47.2 Å². The largest absolute Gasteiger partial charge is 0.411 e. The zero-order valence-corrected chi connectivity index (χ0v) is 12.0. The van der Waals surface area contributed by atoms with Crippen LogP contribution < -0.4 is 5.32 Å². The minimum Gasteiger partial charge on any atom is -0.411 e. The van der Waals surface area contributed by atoms with E-state index in [-0.39, 0.29) is 0 Å². The van der Waals surface area contributed by atoms with E-state index in [0.29, 0.717) is 0 Å². The van der Waals surface area contributed by atoms with Crippen molar-refractivity contribution in [2.24, 2.45) is 5.16 Å². The average Bonchev–Trinajstić information content (AvgIpc) is 3.11. The fourth-order valence-electron chi connectivity index (χ4n) is 2.79. The van der Waals surface area contributed by atoms with E-state index in [9.17, 15) is 0 Å².